The van der Waals surface area contributed by atoms with Gasteiger partial charge < -0.3 is 10.1 Å². The van der Waals surface area contributed by atoms with E-state index < -0.39 is 27.8 Å². The van der Waals surface area contributed by atoms with Crippen molar-refractivity contribution >= 4 is 39.0 Å². The molecule has 0 unspecified atom stereocenters. The van der Waals surface area contributed by atoms with Gasteiger partial charge in [0, 0.05) is 11.9 Å². The summed E-state index contributed by atoms with van der Waals surface area (Å²) in [4.78, 5) is 24.7. The van der Waals surface area contributed by atoms with Crippen molar-refractivity contribution in [3.05, 3.63) is 58.6 Å². The molecule has 8 heteroatoms. The van der Waals surface area contributed by atoms with Crippen molar-refractivity contribution in [3.63, 3.8) is 0 Å². The lowest BCUT2D eigenvalue weighted by molar-refractivity contribution is -0.123. The first-order valence-corrected chi connectivity index (χ1v) is 11.4. The number of rotatable bonds is 7. The van der Waals surface area contributed by atoms with E-state index in [1.807, 2.05) is 12.1 Å². The molecule has 1 amide bonds. The Morgan fingerprint density at radius 2 is 1.72 bits per heavy atom. The summed E-state index contributed by atoms with van der Waals surface area (Å²) >= 11 is 5.99. The minimum Gasteiger partial charge on any atom is -0.449 e. The maximum Gasteiger partial charge on any atom is 0.340 e. The molecule has 2 rings (SSSR count). The van der Waals surface area contributed by atoms with Gasteiger partial charge in [0.15, 0.2) is 15.9 Å². The number of amides is 1. The number of nitrogens with one attached hydrogen (secondary N) is 1. The lowest BCUT2D eigenvalue weighted by atomic mass is 9.99. The number of sulfone groups is 1. The van der Waals surface area contributed by atoms with E-state index >= 15 is 0 Å². The van der Waals surface area contributed by atoms with Crippen LogP contribution in [0.15, 0.2) is 47.4 Å². The zero-order chi connectivity index (χ0) is 21.8. The Labute approximate surface area is 176 Å². The van der Waals surface area contributed by atoms with Crippen LogP contribution >= 0.6 is 11.6 Å². The van der Waals surface area contributed by atoms with Crippen molar-refractivity contribution < 1.29 is 22.7 Å². The molecule has 0 spiro atoms. The largest absolute Gasteiger partial charge is 0.449 e. The molecule has 0 aliphatic carbocycles. The van der Waals surface area contributed by atoms with Crippen LogP contribution in [0, 0.1) is 0 Å². The number of carbonyl (C=O) groups excluding carboxylic acids is 2. The Morgan fingerprint density at radius 3 is 2.28 bits per heavy atom. The smallest absolute Gasteiger partial charge is 0.340 e. The second kappa shape index (κ2) is 9.41. The molecule has 29 heavy (non-hydrogen) atoms. The molecule has 2 aromatic carbocycles. The highest BCUT2D eigenvalue weighted by Crippen LogP contribution is 2.23. The van der Waals surface area contributed by atoms with E-state index in [1.165, 1.54) is 24.6 Å². The summed E-state index contributed by atoms with van der Waals surface area (Å²) in [6.45, 7) is 5.66. The molecule has 0 aromatic heterocycles. The van der Waals surface area contributed by atoms with Crippen molar-refractivity contribution in [3.8, 4) is 0 Å². The van der Waals surface area contributed by atoms with E-state index in [1.54, 1.807) is 12.1 Å². The summed E-state index contributed by atoms with van der Waals surface area (Å²) in [6.07, 6.45) is 0.935. The third kappa shape index (κ3) is 6.05. The zero-order valence-corrected chi connectivity index (χ0v) is 18.3. The van der Waals surface area contributed by atoms with Crippen LogP contribution in [0.25, 0.3) is 0 Å². The first-order chi connectivity index (χ1) is 13.5. The van der Waals surface area contributed by atoms with Gasteiger partial charge in [-0.25, -0.2) is 13.2 Å². The average Bonchev–Trinajstić information content (AvgIpc) is 2.67. The Morgan fingerprint density at radius 1 is 1.10 bits per heavy atom. The van der Waals surface area contributed by atoms with Gasteiger partial charge in [0.25, 0.3) is 5.91 Å². The molecule has 156 valence electrons. The van der Waals surface area contributed by atoms with E-state index in [9.17, 15) is 18.0 Å². The van der Waals surface area contributed by atoms with E-state index in [2.05, 4.69) is 19.2 Å². The Hall–Kier alpha value is -2.38. The average molecular weight is 438 g/mol. The van der Waals surface area contributed by atoms with Crippen LogP contribution in [-0.4, -0.2) is 32.7 Å². The number of carbonyl (C=O) groups is 2. The quantitative estimate of drug-likeness (QED) is 0.646. The van der Waals surface area contributed by atoms with Crippen molar-refractivity contribution in [1.29, 1.82) is 0 Å². The minimum atomic E-state index is -3.52. The van der Waals surface area contributed by atoms with Crippen LogP contribution in [0.4, 0.5) is 5.69 Å². The SMILES string of the molecule is CC[C@H](C)c1ccc(NC(=O)[C@@H](C)OC(=O)c2cc(S(C)(=O)=O)ccc2Cl)cc1. The molecule has 0 radical (unpaired) electrons. The lowest BCUT2D eigenvalue weighted by Crippen LogP contribution is -2.30. The molecule has 0 fully saturated rings. The number of anilines is 1. The molecule has 0 saturated heterocycles. The minimum absolute atomic E-state index is 0.0376. The van der Waals surface area contributed by atoms with Gasteiger partial charge in [0.05, 0.1) is 15.5 Å². The van der Waals surface area contributed by atoms with Crippen LogP contribution in [0.1, 0.15) is 49.0 Å². The van der Waals surface area contributed by atoms with Gasteiger partial charge in [-0.1, -0.05) is 37.6 Å². The summed E-state index contributed by atoms with van der Waals surface area (Å²) in [5.41, 5.74) is 1.64. The Balaban J connectivity index is 2.07. The maximum absolute atomic E-state index is 12.4. The number of hydrogen-bond donors (Lipinski definition) is 1. The van der Waals surface area contributed by atoms with Crippen LogP contribution in [0.2, 0.25) is 5.02 Å². The van der Waals surface area contributed by atoms with Gasteiger partial charge in [-0.15, -0.1) is 0 Å². The van der Waals surface area contributed by atoms with E-state index in [-0.39, 0.29) is 15.5 Å². The van der Waals surface area contributed by atoms with Crippen LogP contribution < -0.4 is 5.32 Å². The first kappa shape index (κ1) is 22.9. The zero-order valence-electron chi connectivity index (χ0n) is 16.7. The van der Waals surface area contributed by atoms with Crippen molar-refractivity contribution in [2.45, 2.75) is 44.1 Å². The summed E-state index contributed by atoms with van der Waals surface area (Å²) in [7, 11) is -3.52. The Kier molecular flexibility index (Phi) is 7.43. The summed E-state index contributed by atoms with van der Waals surface area (Å²) in [6, 6.07) is 11.2. The van der Waals surface area contributed by atoms with Gasteiger partial charge in [0.2, 0.25) is 0 Å². The molecule has 1 N–H and O–H groups in total. The van der Waals surface area contributed by atoms with Gasteiger partial charge in [-0.3, -0.25) is 4.79 Å². The third-order valence-corrected chi connectivity index (χ3v) is 6.04. The molecule has 0 aliphatic heterocycles. The number of esters is 1. The highest BCUT2D eigenvalue weighted by molar-refractivity contribution is 7.90. The Bertz CT molecular complexity index is 1000. The van der Waals surface area contributed by atoms with Crippen LogP contribution in [-0.2, 0) is 19.4 Å². The molecule has 2 aromatic rings. The highest BCUT2D eigenvalue weighted by atomic mass is 35.5. The summed E-state index contributed by atoms with van der Waals surface area (Å²) < 4.78 is 28.5. The summed E-state index contributed by atoms with van der Waals surface area (Å²) in [5.74, 6) is -0.965. The van der Waals surface area contributed by atoms with Crippen LogP contribution in [0.3, 0.4) is 0 Å². The standard InChI is InChI=1S/C21H24ClNO5S/c1-5-13(2)15-6-8-16(9-7-15)23-20(24)14(3)28-21(25)18-12-17(29(4,26)27)10-11-19(18)22/h6-14H,5H2,1-4H3,(H,23,24)/t13-,14+/m0/s1. The van der Waals surface area contributed by atoms with Gasteiger partial charge >= 0.3 is 5.97 Å². The fourth-order valence-electron chi connectivity index (χ4n) is 2.54. The second-order valence-electron chi connectivity index (χ2n) is 6.88. The van der Waals surface area contributed by atoms with Crippen molar-refractivity contribution in [2.75, 3.05) is 11.6 Å². The normalized spacial score (nSPS) is 13.4. The molecule has 0 aliphatic rings. The number of ether oxygens (including phenoxy) is 1. The monoisotopic (exact) mass is 437 g/mol. The molecular weight excluding hydrogens is 414 g/mol. The molecule has 6 nitrogen and oxygen atoms in total. The molecule has 2 atom stereocenters. The van der Waals surface area contributed by atoms with Gasteiger partial charge in [-0.05, 0) is 55.2 Å². The fourth-order valence-corrected chi connectivity index (χ4v) is 3.39. The second-order valence-corrected chi connectivity index (χ2v) is 9.30. The highest BCUT2D eigenvalue weighted by Gasteiger charge is 2.22. The molecule has 0 bridgehead atoms. The maximum atomic E-state index is 12.4. The molecule has 0 heterocycles. The number of halogens is 1. The van der Waals surface area contributed by atoms with Crippen LogP contribution in [0.5, 0.6) is 0 Å². The predicted octanol–water partition coefficient (Wildman–Crippen LogP) is 4.44. The number of hydrogen-bond acceptors (Lipinski definition) is 5. The van der Waals surface area contributed by atoms with E-state index in [0.717, 1.165) is 18.7 Å². The summed E-state index contributed by atoms with van der Waals surface area (Å²) in [5, 5.41) is 2.73. The fraction of sp³-hybridized carbons (Fsp3) is 0.333. The van der Waals surface area contributed by atoms with E-state index in [4.69, 9.17) is 16.3 Å². The van der Waals surface area contributed by atoms with Gasteiger partial charge in [0.1, 0.15) is 0 Å². The lowest BCUT2D eigenvalue weighted by Gasteiger charge is -2.15. The van der Waals surface area contributed by atoms with E-state index in [0.29, 0.717) is 11.6 Å². The number of benzene rings is 2. The predicted molar refractivity (Wildman–Crippen MR) is 113 cm³/mol. The first-order valence-electron chi connectivity index (χ1n) is 9.14. The third-order valence-electron chi connectivity index (χ3n) is 4.60. The molecular formula is C21H24ClNO5S. The topological polar surface area (TPSA) is 89.5 Å². The van der Waals surface area contributed by atoms with Gasteiger partial charge in [-0.2, -0.15) is 0 Å². The van der Waals surface area contributed by atoms with Crippen molar-refractivity contribution in [2.24, 2.45) is 0 Å². The molecule has 0 saturated carbocycles. The van der Waals surface area contributed by atoms with Crippen molar-refractivity contribution in [1.82, 2.24) is 0 Å².